The summed E-state index contributed by atoms with van der Waals surface area (Å²) in [5, 5.41) is 14.9. The first-order valence-corrected chi connectivity index (χ1v) is 8.92. The molecule has 1 aliphatic heterocycles. The minimum Gasteiger partial charge on any atom is -0.343 e. The third-order valence-corrected chi connectivity index (χ3v) is 5.53. The van der Waals surface area contributed by atoms with Gasteiger partial charge < -0.3 is 5.32 Å². The van der Waals surface area contributed by atoms with Crippen LogP contribution in [0.2, 0.25) is 0 Å². The van der Waals surface area contributed by atoms with Gasteiger partial charge in [0.2, 0.25) is 5.91 Å². The van der Waals surface area contributed by atoms with Crippen LogP contribution < -0.4 is 5.32 Å². The number of aromatic nitrogens is 1. The molecule has 0 saturated carbocycles. The summed E-state index contributed by atoms with van der Waals surface area (Å²) in [5.74, 6) is -0.423. The number of aryl methyl sites for hydroxylation is 1. The number of rotatable bonds is 4. The summed E-state index contributed by atoms with van der Waals surface area (Å²) in [7, 11) is 0. The number of nitrogens with zero attached hydrogens (tertiary/aromatic N) is 3. The number of hydrogen-bond donors (Lipinski definition) is 1. The highest BCUT2D eigenvalue weighted by atomic mass is 32.1. The SMILES string of the molecule is CC(=O)NC1(c2nc(C)cs2)CCN(Cc2cc(C#N)ccc2F)C1. The van der Waals surface area contributed by atoms with Crippen LogP contribution in [-0.4, -0.2) is 28.9 Å². The zero-order valence-corrected chi connectivity index (χ0v) is 15.0. The molecule has 2 heterocycles. The molecule has 3 rings (SSSR count). The van der Waals surface area contributed by atoms with Gasteiger partial charge in [-0.05, 0) is 31.5 Å². The average Bonchev–Trinajstić information content (AvgIpc) is 3.16. The van der Waals surface area contributed by atoms with E-state index in [1.165, 1.54) is 30.4 Å². The van der Waals surface area contributed by atoms with Crippen molar-refractivity contribution >= 4 is 17.2 Å². The highest BCUT2D eigenvalue weighted by Gasteiger charge is 2.42. The molecule has 7 heteroatoms. The largest absolute Gasteiger partial charge is 0.343 e. The summed E-state index contributed by atoms with van der Waals surface area (Å²) in [4.78, 5) is 18.4. The Hall–Kier alpha value is -2.30. The van der Waals surface area contributed by atoms with E-state index in [1.807, 2.05) is 18.4 Å². The van der Waals surface area contributed by atoms with Crippen molar-refractivity contribution < 1.29 is 9.18 Å². The van der Waals surface area contributed by atoms with Crippen LogP contribution in [0.15, 0.2) is 23.6 Å². The molecule has 1 saturated heterocycles. The van der Waals surface area contributed by atoms with Crippen LogP contribution in [0.1, 0.15) is 35.2 Å². The van der Waals surface area contributed by atoms with Crippen molar-refractivity contribution in [3.63, 3.8) is 0 Å². The van der Waals surface area contributed by atoms with Gasteiger partial charge in [-0.1, -0.05) is 0 Å². The van der Waals surface area contributed by atoms with Gasteiger partial charge in [-0.2, -0.15) is 5.26 Å². The molecule has 1 unspecified atom stereocenters. The molecule has 0 aliphatic carbocycles. The van der Waals surface area contributed by atoms with Gasteiger partial charge in [0.05, 0.1) is 11.6 Å². The fourth-order valence-electron chi connectivity index (χ4n) is 3.27. The molecular formula is C18H19FN4OS. The second-order valence-corrected chi connectivity index (χ2v) is 7.29. The van der Waals surface area contributed by atoms with E-state index in [4.69, 9.17) is 5.26 Å². The molecule has 1 amide bonds. The number of nitrogens with one attached hydrogen (secondary N) is 1. The summed E-state index contributed by atoms with van der Waals surface area (Å²) in [5.41, 5.74) is 1.33. The molecule has 1 aromatic carbocycles. The lowest BCUT2D eigenvalue weighted by molar-refractivity contribution is -0.120. The quantitative estimate of drug-likeness (QED) is 0.912. The van der Waals surface area contributed by atoms with E-state index in [0.29, 0.717) is 24.2 Å². The first kappa shape index (κ1) is 17.5. The van der Waals surface area contributed by atoms with Gasteiger partial charge in [-0.15, -0.1) is 11.3 Å². The van der Waals surface area contributed by atoms with Crippen molar-refractivity contribution in [1.82, 2.24) is 15.2 Å². The van der Waals surface area contributed by atoms with E-state index < -0.39 is 5.54 Å². The van der Waals surface area contributed by atoms with Crippen LogP contribution in [0.5, 0.6) is 0 Å². The molecule has 1 N–H and O–H groups in total. The number of carbonyl (C=O) groups is 1. The maximum Gasteiger partial charge on any atom is 0.217 e. The summed E-state index contributed by atoms with van der Waals surface area (Å²) >= 11 is 1.54. The lowest BCUT2D eigenvalue weighted by Gasteiger charge is -2.28. The second-order valence-electron chi connectivity index (χ2n) is 6.44. The normalized spacial score (nSPS) is 20.4. The van der Waals surface area contributed by atoms with E-state index in [-0.39, 0.29) is 11.7 Å². The molecule has 5 nitrogen and oxygen atoms in total. The predicted octanol–water partition coefficient (Wildman–Crippen LogP) is 2.70. The number of thiazole rings is 1. The highest BCUT2D eigenvalue weighted by molar-refractivity contribution is 7.09. The summed E-state index contributed by atoms with van der Waals surface area (Å²) < 4.78 is 14.1. The fraction of sp³-hybridized carbons (Fsp3) is 0.389. The van der Waals surface area contributed by atoms with Gasteiger partial charge in [0, 0.05) is 43.2 Å². The molecule has 1 aromatic heterocycles. The Labute approximate surface area is 150 Å². The van der Waals surface area contributed by atoms with Crippen molar-refractivity contribution in [2.24, 2.45) is 0 Å². The smallest absolute Gasteiger partial charge is 0.217 e. The summed E-state index contributed by atoms with van der Waals surface area (Å²) in [6, 6.07) is 6.43. The van der Waals surface area contributed by atoms with Crippen molar-refractivity contribution in [3.8, 4) is 6.07 Å². The Balaban J connectivity index is 1.83. The molecule has 0 radical (unpaired) electrons. The molecule has 0 bridgehead atoms. The third-order valence-electron chi connectivity index (χ3n) is 4.36. The van der Waals surface area contributed by atoms with E-state index in [9.17, 15) is 9.18 Å². The lowest BCUT2D eigenvalue weighted by atomic mass is 9.99. The highest BCUT2D eigenvalue weighted by Crippen LogP contribution is 2.35. The molecule has 1 aliphatic rings. The molecule has 25 heavy (non-hydrogen) atoms. The molecular weight excluding hydrogens is 339 g/mol. The van der Waals surface area contributed by atoms with Crippen molar-refractivity contribution in [2.75, 3.05) is 13.1 Å². The number of hydrogen-bond acceptors (Lipinski definition) is 5. The van der Waals surface area contributed by atoms with Gasteiger partial charge in [0.1, 0.15) is 16.4 Å². The lowest BCUT2D eigenvalue weighted by Crippen LogP contribution is -2.47. The number of carbonyl (C=O) groups excluding carboxylic acids is 1. The van der Waals surface area contributed by atoms with Crippen LogP contribution in [0.4, 0.5) is 4.39 Å². The Bertz CT molecular complexity index is 844. The Morgan fingerprint density at radius 2 is 2.36 bits per heavy atom. The Kier molecular flexibility index (Phi) is 4.84. The standard InChI is InChI=1S/C18H19FN4OS/c1-12-10-25-17(21-12)18(22-13(2)24)5-6-23(11-18)9-15-7-14(8-20)3-4-16(15)19/h3-4,7,10H,5-6,9,11H2,1-2H3,(H,22,24). The number of nitriles is 1. The van der Waals surface area contributed by atoms with Crippen molar-refractivity contribution in [3.05, 3.63) is 51.2 Å². The van der Waals surface area contributed by atoms with Crippen molar-refractivity contribution in [1.29, 1.82) is 5.26 Å². The van der Waals surface area contributed by atoms with Gasteiger partial charge in [0.15, 0.2) is 0 Å². The van der Waals surface area contributed by atoms with Gasteiger partial charge in [0.25, 0.3) is 0 Å². The number of benzene rings is 1. The van der Waals surface area contributed by atoms with Crippen LogP contribution in [0.25, 0.3) is 0 Å². The van der Waals surface area contributed by atoms with E-state index in [2.05, 4.69) is 15.2 Å². The Morgan fingerprint density at radius 1 is 1.56 bits per heavy atom. The molecule has 1 atom stereocenters. The van der Waals surface area contributed by atoms with Gasteiger partial charge in [-0.3, -0.25) is 9.69 Å². The second kappa shape index (κ2) is 6.90. The summed E-state index contributed by atoms with van der Waals surface area (Å²) in [6.07, 6.45) is 0.721. The minimum atomic E-state index is -0.534. The van der Waals surface area contributed by atoms with Crippen molar-refractivity contribution in [2.45, 2.75) is 32.4 Å². The van der Waals surface area contributed by atoms with Crippen LogP contribution in [0.3, 0.4) is 0 Å². The molecule has 1 fully saturated rings. The number of amides is 1. The maximum absolute atomic E-state index is 14.1. The topological polar surface area (TPSA) is 69.0 Å². The molecule has 2 aromatic rings. The average molecular weight is 358 g/mol. The van der Waals surface area contributed by atoms with Crippen LogP contribution in [-0.2, 0) is 16.9 Å². The first-order valence-electron chi connectivity index (χ1n) is 8.04. The fourth-order valence-corrected chi connectivity index (χ4v) is 4.25. The summed E-state index contributed by atoms with van der Waals surface area (Å²) in [6.45, 7) is 5.11. The third kappa shape index (κ3) is 3.70. The van der Waals surface area contributed by atoms with Crippen LogP contribution in [0, 0.1) is 24.1 Å². The minimum absolute atomic E-state index is 0.104. The monoisotopic (exact) mass is 358 g/mol. The molecule has 0 spiro atoms. The zero-order valence-electron chi connectivity index (χ0n) is 14.2. The first-order chi connectivity index (χ1) is 11.9. The van der Waals surface area contributed by atoms with E-state index in [0.717, 1.165) is 23.7 Å². The maximum atomic E-state index is 14.1. The Morgan fingerprint density at radius 3 is 3.00 bits per heavy atom. The van der Waals surface area contributed by atoms with E-state index >= 15 is 0 Å². The molecule has 130 valence electrons. The van der Waals surface area contributed by atoms with Crippen LogP contribution >= 0.6 is 11.3 Å². The zero-order chi connectivity index (χ0) is 18.0. The van der Waals surface area contributed by atoms with E-state index in [1.54, 1.807) is 6.07 Å². The number of likely N-dealkylation sites (tertiary alicyclic amines) is 1. The van der Waals surface area contributed by atoms with Gasteiger partial charge in [-0.25, -0.2) is 9.37 Å². The van der Waals surface area contributed by atoms with Gasteiger partial charge >= 0.3 is 0 Å². The predicted molar refractivity (Wildman–Crippen MR) is 93.4 cm³/mol. The number of halogens is 1.